The molecule has 0 radical (unpaired) electrons. The Bertz CT molecular complexity index is 913. The van der Waals surface area contributed by atoms with Gasteiger partial charge in [-0.05, 0) is 43.0 Å². The highest BCUT2D eigenvalue weighted by Gasteiger charge is 2.22. The SMILES string of the molecule is COCCn1c(C)c(C)c2c(N3CCc4ccccc4C3)nccc21. The first-order valence-electron chi connectivity index (χ1n) is 8.95. The first-order valence-corrected chi connectivity index (χ1v) is 8.95. The van der Waals surface area contributed by atoms with E-state index in [1.54, 1.807) is 7.11 Å². The summed E-state index contributed by atoms with van der Waals surface area (Å²) in [5.74, 6) is 1.11. The summed E-state index contributed by atoms with van der Waals surface area (Å²) in [6, 6.07) is 10.9. The van der Waals surface area contributed by atoms with Crippen molar-refractivity contribution in [3.8, 4) is 0 Å². The second kappa shape index (κ2) is 6.52. The number of nitrogens with zero attached hydrogens (tertiary/aromatic N) is 3. The van der Waals surface area contributed by atoms with Gasteiger partial charge in [0.15, 0.2) is 0 Å². The smallest absolute Gasteiger partial charge is 0.138 e. The Kier molecular flexibility index (Phi) is 4.22. The number of pyridine rings is 1. The Morgan fingerprint density at radius 2 is 1.92 bits per heavy atom. The highest BCUT2D eigenvalue weighted by Crippen LogP contribution is 2.34. The first kappa shape index (κ1) is 16.2. The van der Waals surface area contributed by atoms with Crippen LogP contribution >= 0.6 is 0 Å². The first-order chi connectivity index (χ1) is 12.2. The van der Waals surface area contributed by atoms with Crippen LogP contribution < -0.4 is 4.90 Å². The van der Waals surface area contributed by atoms with Gasteiger partial charge in [-0.15, -0.1) is 0 Å². The van der Waals surface area contributed by atoms with Crippen LogP contribution in [0.5, 0.6) is 0 Å². The molecule has 0 amide bonds. The van der Waals surface area contributed by atoms with Crippen molar-refractivity contribution >= 4 is 16.7 Å². The highest BCUT2D eigenvalue weighted by atomic mass is 16.5. The maximum absolute atomic E-state index is 5.30. The summed E-state index contributed by atoms with van der Waals surface area (Å²) in [6.45, 7) is 7.96. The highest BCUT2D eigenvalue weighted by molar-refractivity contribution is 5.94. The minimum Gasteiger partial charge on any atom is -0.383 e. The summed E-state index contributed by atoms with van der Waals surface area (Å²) in [5, 5.41) is 1.29. The molecule has 0 spiro atoms. The van der Waals surface area contributed by atoms with Gasteiger partial charge in [0.25, 0.3) is 0 Å². The number of aryl methyl sites for hydroxylation is 1. The van der Waals surface area contributed by atoms with Crippen molar-refractivity contribution in [1.29, 1.82) is 0 Å². The Hall–Kier alpha value is -2.33. The zero-order chi connectivity index (χ0) is 17.4. The molecule has 0 N–H and O–H groups in total. The minimum absolute atomic E-state index is 0.721. The number of anilines is 1. The molecular weight excluding hydrogens is 310 g/mol. The third kappa shape index (κ3) is 2.71. The molecule has 1 aromatic carbocycles. The van der Waals surface area contributed by atoms with E-state index in [1.807, 2.05) is 6.20 Å². The van der Waals surface area contributed by atoms with E-state index < -0.39 is 0 Å². The molecule has 0 fully saturated rings. The fraction of sp³-hybridized carbons (Fsp3) is 0.381. The Morgan fingerprint density at radius 1 is 1.12 bits per heavy atom. The van der Waals surface area contributed by atoms with E-state index in [4.69, 9.17) is 9.72 Å². The van der Waals surface area contributed by atoms with Gasteiger partial charge < -0.3 is 14.2 Å². The van der Waals surface area contributed by atoms with Crippen LogP contribution in [0, 0.1) is 13.8 Å². The van der Waals surface area contributed by atoms with Gasteiger partial charge in [-0.1, -0.05) is 24.3 Å². The summed E-state index contributed by atoms with van der Waals surface area (Å²) in [7, 11) is 1.76. The van der Waals surface area contributed by atoms with Gasteiger partial charge in [0.2, 0.25) is 0 Å². The molecule has 3 heterocycles. The Morgan fingerprint density at radius 3 is 2.72 bits per heavy atom. The molecule has 0 aliphatic carbocycles. The van der Waals surface area contributed by atoms with E-state index in [0.717, 1.165) is 38.5 Å². The molecule has 2 aromatic heterocycles. The third-order valence-corrected chi connectivity index (χ3v) is 5.47. The predicted octanol–water partition coefficient (Wildman–Crippen LogP) is 3.86. The zero-order valence-corrected chi connectivity index (χ0v) is 15.2. The molecule has 130 valence electrons. The van der Waals surface area contributed by atoms with Crippen molar-refractivity contribution in [3.63, 3.8) is 0 Å². The summed E-state index contributed by atoms with van der Waals surface area (Å²) >= 11 is 0. The molecule has 0 saturated heterocycles. The number of methoxy groups -OCH3 is 1. The second-order valence-corrected chi connectivity index (χ2v) is 6.82. The standard InChI is InChI=1S/C21H25N3O/c1-15-16(2)24(12-13-25-3)19-8-10-22-21(20(15)19)23-11-9-17-6-4-5-7-18(17)14-23/h4-8,10H,9,11-14H2,1-3H3. The van der Waals surface area contributed by atoms with Crippen LogP contribution in [0.3, 0.4) is 0 Å². The molecule has 0 atom stereocenters. The number of hydrogen-bond acceptors (Lipinski definition) is 3. The fourth-order valence-corrected chi connectivity index (χ4v) is 3.98. The lowest BCUT2D eigenvalue weighted by Crippen LogP contribution is -2.31. The molecule has 4 rings (SSSR count). The van der Waals surface area contributed by atoms with Gasteiger partial charge in [-0.3, -0.25) is 0 Å². The lowest BCUT2D eigenvalue weighted by molar-refractivity contribution is 0.188. The van der Waals surface area contributed by atoms with Crippen molar-refractivity contribution in [2.75, 3.05) is 25.2 Å². The van der Waals surface area contributed by atoms with Crippen molar-refractivity contribution in [2.45, 2.75) is 33.4 Å². The fourth-order valence-electron chi connectivity index (χ4n) is 3.98. The van der Waals surface area contributed by atoms with Gasteiger partial charge in [0.1, 0.15) is 5.82 Å². The Labute approximate surface area is 149 Å². The molecule has 4 nitrogen and oxygen atoms in total. The minimum atomic E-state index is 0.721. The van der Waals surface area contributed by atoms with Crippen molar-refractivity contribution in [1.82, 2.24) is 9.55 Å². The number of ether oxygens (including phenoxy) is 1. The average Bonchev–Trinajstić information content (AvgIpc) is 2.90. The molecule has 0 saturated carbocycles. The average molecular weight is 335 g/mol. The molecule has 25 heavy (non-hydrogen) atoms. The van der Waals surface area contributed by atoms with Crippen LogP contribution in [-0.2, 0) is 24.2 Å². The van der Waals surface area contributed by atoms with E-state index in [1.165, 1.54) is 33.3 Å². The molecule has 0 bridgehead atoms. The summed E-state index contributed by atoms with van der Waals surface area (Å²) < 4.78 is 7.66. The van der Waals surface area contributed by atoms with Crippen LogP contribution in [-0.4, -0.2) is 29.8 Å². The van der Waals surface area contributed by atoms with Crippen LogP contribution in [0.2, 0.25) is 0 Å². The van der Waals surface area contributed by atoms with E-state index in [-0.39, 0.29) is 0 Å². The van der Waals surface area contributed by atoms with E-state index in [2.05, 4.69) is 53.6 Å². The number of fused-ring (bicyclic) bond motifs is 2. The van der Waals surface area contributed by atoms with Gasteiger partial charge in [-0.2, -0.15) is 0 Å². The van der Waals surface area contributed by atoms with Gasteiger partial charge >= 0.3 is 0 Å². The molecule has 1 aliphatic rings. The van der Waals surface area contributed by atoms with Crippen LogP contribution in [0.1, 0.15) is 22.4 Å². The largest absolute Gasteiger partial charge is 0.383 e. The number of rotatable bonds is 4. The normalized spacial score (nSPS) is 14.1. The number of hydrogen-bond donors (Lipinski definition) is 0. The van der Waals surface area contributed by atoms with Gasteiger partial charge in [0, 0.05) is 44.0 Å². The quantitative estimate of drug-likeness (QED) is 0.725. The topological polar surface area (TPSA) is 30.3 Å². The summed E-state index contributed by atoms with van der Waals surface area (Å²) in [4.78, 5) is 7.21. The summed E-state index contributed by atoms with van der Waals surface area (Å²) in [6.07, 6.45) is 3.02. The van der Waals surface area contributed by atoms with Gasteiger partial charge in [0.05, 0.1) is 12.1 Å². The number of aromatic nitrogens is 2. The monoisotopic (exact) mass is 335 g/mol. The lowest BCUT2D eigenvalue weighted by Gasteiger charge is -2.30. The summed E-state index contributed by atoms with van der Waals surface area (Å²) in [5.41, 5.74) is 6.78. The number of benzene rings is 1. The molecule has 1 aliphatic heterocycles. The maximum Gasteiger partial charge on any atom is 0.138 e. The predicted molar refractivity (Wildman–Crippen MR) is 102 cm³/mol. The van der Waals surface area contributed by atoms with Crippen molar-refractivity contribution < 1.29 is 4.74 Å². The molecule has 4 heteroatoms. The third-order valence-electron chi connectivity index (χ3n) is 5.47. The van der Waals surface area contributed by atoms with Crippen LogP contribution in [0.4, 0.5) is 5.82 Å². The van der Waals surface area contributed by atoms with E-state index in [0.29, 0.717) is 0 Å². The molecule has 0 unspecified atom stereocenters. The van der Waals surface area contributed by atoms with Crippen molar-refractivity contribution in [2.24, 2.45) is 0 Å². The van der Waals surface area contributed by atoms with Crippen LogP contribution in [0.25, 0.3) is 10.9 Å². The maximum atomic E-state index is 5.30. The van der Waals surface area contributed by atoms with Crippen LogP contribution in [0.15, 0.2) is 36.5 Å². The lowest BCUT2D eigenvalue weighted by atomic mass is 9.99. The van der Waals surface area contributed by atoms with Gasteiger partial charge in [-0.25, -0.2) is 4.98 Å². The van der Waals surface area contributed by atoms with E-state index >= 15 is 0 Å². The zero-order valence-electron chi connectivity index (χ0n) is 15.2. The molecule has 3 aromatic rings. The van der Waals surface area contributed by atoms with E-state index in [9.17, 15) is 0 Å². The Balaban J connectivity index is 1.78. The second-order valence-electron chi connectivity index (χ2n) is 6.82. The molecular formula is C21H25N3O. The van der Waals surface area contributed by atoms with Crippen molar-refractivity contribution in [3.05, 3.63) is 58.9 Å².